The lowest BCUT2D eigenvalue weighted by Crippen LogP contribution is -2.21. The van der Waals surface area contributed by atoms with Crippen LogP contribution in [-0.2, 0) is 13.2 Å². The molecule has 8 nitrogen and oxygen atoms in total. The number of aryl methyl sites for hydroxylation is 1. The number of nitrogens with zero attached hydrogens (tertiary/aromatic N) is 5. The molecule has 0 aliphatic carbocycles. The van der Waals surface area contributed by atoms with Gasteiger partial charge in [0.1, 0.15) is 5.75 Å². The molecule has 0 aliphatic heterocycles. The molecule has 0 fully saturated rings. The maximum atomic E-state index is 12.8. The number of rotatable bonds is 5. The van der Waals surface area contributed by atoms with Crippen molar-refractivity contribution < 1.29 is 22.6 Å². The Morgan fingerprint density at radius 3 is 2.51 bits per heavy atom. The first-order chi connectivity index (χ1) is 16.7. The molecule has 12 heteroatoms. The van der Waals surface area contributed by atoms with E-state index in [1.165, 1.54) is 35.5 Å². The highest BCUT2D eigenvalue weighted by Crippen LogP contribution is 2.33. The van der Waals surface area contributed by atoms with Gasteiger partial charge in [0.2, 0.25) is 0 Å². The molecule has 3 aromatic carbocycles. The molecule has 0 N–H and O–H groups in total. The number of halogens is 3. The molecule has 0 radical (unpaired) electrons. The highest BCUT2D eigenvalue weighted by molar-refractivity contribution is 7.07. The van der Waals surface area contributed by atoms with Gasteiger partial charge in [0.25, 0.3) is 5.19 Å². The Hall–Kier alpha value is -4.19. The second kappa shape index (κ2) is 8.55. The molecule has 2 aromatic heterocycles. The predicted octanol–water partition coefficient (Wildman–Crippen LogP) is 5.06. The summed E-state index contributed by atoms with van der Waals surface area (Å²) >= 11 is 0.973. The smallest absolute Gasteiger partial charge is 0.416 e. The molecule has 2 heterocycles. The van der Waals surface area contributed by atoms with Crippen LogP contribution >= 0.6 is 11.5 Å². The number of ether oxygens (including phenoxy) is 2. The third-order valence-corrected chi connectivity index (χ3v) is 5.83. The largest absolute Gasteiger partial charge is 0.467 e. The van der Waals surface area contributed by atoms with E-state index in [0.717, 1.165) is 29.1 Å². The van der Waals surface area contributed by atoms with E-state index in [1.54, 1.807) is 18.2 Å². The van der Waals surface area contributed by atoms with Crippen molar-refractivity contribution in [1.82, 2.24) is 23.7 Å². The maximum Gasteiger partial charge on any atom is 0.416 e. The lowest BCUT2D eigenvalue weighted by Gasteiger charge is -2.10. The molecule has 178 valence electrons. The second-order valence-corrected chi connectivity index (χ2v) is 8.16. The van der Waals surface area contributed by atoms with Crippen molar-refractivity contribution in [3.8, 4) is 34.0 Å². The Morgan fingerprint density at radius 2 is 1.80 bits per heavy atom. The fourth-order valence-corrected chi connectivity index (χ4v) is 4.12. The molecule has 0 atom stereocenters. The van der Waals surface area contributed by atoms with Crippen LogP contribution in [0.2, 0.25) is 0 Å². The summed E-state index contributed by atoms with van der Waals surface area (Å²) in [5, 5.41) is 5.87. The van der Waals surface area contributed by atoms with E-state index in [9.17, 15) is 18.0 Å². The molecular formula is C23H16F3N5O3S. The summed E-state index contributed by atoms with van der Waals surface area (Å²) in [6, 6.07) is 15.5. The number of benzene rings is 3. The van der Waals surface area contributed by atoms with E-state index in [1.807, 2.05) is 18.2 Å². The van der Waals surface area contributed by atoms with Crippen molar-refractivity contribution >= 4 is 22.3 Å². The molecule has 5 rings (SSSR count). The monoisotopic (exact) mass is 499 g/mol. The van der Waals surface area contributed by atoms with Gasteiger partial charge in [-0.2, -0.15) is 22.5 Å². The van der Waals surface area contributed by atoms with Crippen LogP contribution < -0.4 is 15.2 Å². The van der Waals surface area contributed by atoms with Gasteiger partial charge in [-0.15, -0.1) is 5.10 Å². The fourth-order valence-electron chi connectivity index (χ4n) is 3.55. The van der Waals surface area contributed by atoms with Gasteiger partial charge in [-0.1, -0.05) is 30.3 Å². The summed E-state index contributed by atoms with van der Waals surface area (Å²) < 4.78 is 56.3. The van der Waals surface area contributed by atoms with Crippen LogP contribution in [0.3, 0.4) is 0 Å². The average molecular weight is 499 g/mol. The average Bonchev–Trinajstić information content (AvgIpc) is 3.42. The second-order valence-electron chi connectivity index (χ2n) is 7.45. The topological polar surface area (TPSA) is 84.1 Å². The van der Waals surface area contributed by atoms with Gasteiger partial charge >= 0.3 is 17.9 Å². The van der Waals surface area contributed by atoms with Crippen molar-refractivity contribution in [2.45, 2.75) is 6.18 Å². The summed E-state index contributed by atoms with van der Waals surface area (Å²) in [5.41, 5.74) is -0.117. The number of hydrogen-bond donors (Lipinski definition) is 0. The SMILES string of the molecule is COc1nn(C)c(=O)n1-c1cccc2ccc(Oc3nc(-c4ccc(C(F)(F)F)cc4)ns3)cc12. The van der Waals surface area contributed by atoms with Gasteiger partial charge in [0.05, 0.1) is 18.4 Å². The van der Waals surface area contributed by atoms with Gasteiger partial charge < -0.3 is 9.47 Å². The van der Waals surface area contributed by atoms with E-state index < -0.39 is 11.7 Å². The van der Waals surface area contributed by atoms with Crippen LogP contribution in [0.4, 0.5) is 13.2 Å². The number of fused-ring (bicyclic) bond motifs is 1. The highest BCUT2D eigenvalue weighted by Gasteiger charge is 2.30. The summed E-state index contributed by atoms with van der Waals surface area (Å²) in [6.07, 6.45) is -4.41. The van der Waals surface area contributed by atoms with E-state index in [0.29, 0.717) is 22.4 Å². The van der Waals surface area contributed by atoms with Crippen LogP contribution in [0.25, 0.3) is 27.8 Å². The van der Waals surface area contributed by atoms with Crippen LogP contribution in [0.1, 0.15) is 5.56 Å². The Kier molecular flexibility index (Phi) is 5.52. The Morgan fingerprint density at radius 1 is 1.03 bits per heavy atom. The van der Waals surface area contributed by atoms with E-state index in [-0.39, 0.29) is 22.7 Å². The van der Waals surface area contributed by atoms with Gasteiger partial charge in [0, 0.05) is 29.5 Å². The van der Waals surface area contributed by atoms with Gasteiger partial charge in [0.15, 0.2) is 5.82 Å². The normalized spacial score (nSPS) is 11.7. The summed E-state index contributed by atoms with van der Waals surface area (Å²) in [5.74, 6) is 0.697. The van der Waals surface area contributed by atoms with Crippen molar-refractivity contribution in [2.24, 2.45) is 7.05 Å². The minimum absolute atomic E-state index is 0.140. The zero-order valence-electron chi connectivity index (χ0n) is 18.3. The van der Waals surface area contributed by atoms with Crippen molar-refractivity contribution in [2.75, 3.05) is 7.11 Å². The van der Waals surface area contributed by atoms with E-state index >= 15 is 0 Å². The number of alkyl halides is 3. The van der Waals surface area contributed by atoms with Crippen LogP contribution in [0.5, 0.6) is 17.0 Å². The summed E-state index contributed by atoms with van der Waals surface area (Å²) in [7, 11) is 2.96. The minimum atomic E-state index is -4.41. The third-order valence-electron chi connectivity index (χ3n) is 5.23. The zero-order valence-corrected chi connectivity index (χ0v) is 19.1. The molecule has 0 saturated carbocycles. The highest BCUT2D eigenvalue weighted by atomic mass is 32.1. The fraction of sp³-hybridized carbons (Fsp3) is 0.130. The molecule has 0 aliphatic rings. The number of methoxy groups -OCH3 is 1. The predicted molar refractivity (Wildman–Crippen MR) is 123 cm³/mol. The number of aromatic nitrogens is 5. The first-order valence-electron chi connectivity index (χ1n) is 10.2. The molecular weight excluding hydrogens is 483 g/mol. The van der Waals surface area contributed by atoms with Gasteiger partial charge in [-0.25, -0.2) is 14.0 Å². The Balaban J connectivity index is 1.47. The van der Waals surface area contributed by atoms with Crippen molar-refractivity contribution in [3.63, 3.8) is 0 Å². The molecule has 0 saturated heterocycles. The van der Waals surface area contributed by atoms with Crippen molar-refractivity contribution in [3.05, 3.63) is 76.7 Å². The van der Waals surface area contributed by atoms with Crippen molar-refractivity contribution in [1.29, 1.82) is 0 Å². The molecule has 5 aromatic rings. The summed E-state index contributed by atoms with van der Waals surface area (Å²) in [6.45, 7) is 0. The summed E-state index contributed by atoms with van der Waals surface area (Å²) in [4.78, 5) is 16.9. The van der Waals surface area contributed by atoms with Gasteiger partial charge in [-0.3, -0.25) is 0 Å². The molecule has 0 spiro atoms. The number of hydrogen-bond acceptors (Lipinski definition) is 7. The molecule has 35 heavy (non-hydrogen) atoms. The lowest BCUT2D eigenvalue weighted by atomic mass is 10.1. The van der Waals surface area contributed by atoms with Gasteiger partial charge in [-0.05, 0) is 35.7 Å². The van der Waals surface area contributed by atoms with E-state index in [2.05, 4.69) is 14.5 Å². The first-order valence-corrected chi connectivity index (χ1v) is 10.9. The molecule has 0 bridgehead atoms. The quantitative estimate of drug-likeness (QED) is 0.336. The van der Waals surface area contributed by atoms with E-state index in [4.69, 9.17) is 9.47 Å². The zero-order chi connectivity index (χ0) is 24.7. The lowest BCUT2D eigenvalue weighted by molar-refractivity contribution is -0.137. The van der Waals surface area contributed by atoms with Crippen LogP contribution in [0.15, 0.2) is 65.5 Å². The standard InChI is InChI=1S/C23H16F3N5O3S/c1-30-22(32)31(20(28-30)33-2)18-5-3-4-13-8-11-16(12-17(13)18)34-21-27-19(29-35-21)14-6-9-15(10-7-14)23(24,25)26/h3-12H,1-2H3. The Labute approximate surface area is 200 Å². The van der Waals surface area contributed by atoms with Crippen LogP contribution in [0, 0.1) is 0 Å². The molecule has 0 unspecified atom stereocenters. The Bertz CT molecular complexity index is 1590. The third kappa shape index (κ3) is 4.23. The maximum absolute atomic E-state index is 12.8. The molecule has 0 amide bonds. The first kappa shape index (κ1) is 22.6. The minimum Gasteiger partial charge on any atom is -0.467 e. The van der Waals surface area contributed by atoms with Crippen LogP contribution in [-0.4, -0.2) is 30.8 Å².